The maximum absolute atomic E-state index is 13.6. The summed E-state index contributed by atoms with van der Waals surface area (Å²) in [7, 11) is 0. The van der Waals surface area contributed by atoms with E-state index in [1.165, 1.54) is 66.8 Å². The number of hydrogen-bond donors (Lipinski definition) is 1. The Labute approximate surface area is 289 Å². The smallest absolute Gasteiger partial charge is 0.418 e. The van der Waals surface area contributed by atoms with E-state index in [-0.39, 0.29) is 53.7 Å². The molecule has 1 saturated carbocycles. The molecule has 0 aliphatic heterocycles. The maximum Gasteiger partial charge on any atom is 0.418 e. The number of aliphatic hydroxyl groups excluding tert-OH is 1. The molecule has 4 aromatic rings. The van der Waals surface area contributed by atoms with Crippen LogP contribution in [0.4, 0.5) is 13.2 Å². The average Bonchev–Trinajstić information content (AvgIpc) is 3.39. The monoisotopic (exact) mass is 829 g/mol. The first-order valence-corrected chi connectivity index (χ1v) is 17.2. The van der Waals surface area contributed by atoms with Crippen molar-refractivity contribution in [2.75, 3.05) is 0 Å². The average molecular weight is 829 g/mol. The topological polar surface area (TPSA) is 50.2 Å². The summed E-state index contributed by atoms with van der Waals surface area (Å²) in [6, 6.07) is 15.2. The van der Waals surface area contributed by atoms with Crippen molar-refractivity contribution in [3.63, 3.8) is 0 Å². The zero-order chi connectivity index (χ0) is 32.7. The van der Waals surface area contributed by atoms with Gasteiger partial charge in [-0.25, -0.2) is 0 Å². The van der Waals surface area contributed by atoms with Crippen molar-refractivity contribution in [2.24, 2.45) is 11.8 Å². The molecule has 5 rings (SSSR count). The van der Waals surface area contributed by atoms with E-state index in [0.717, 1.165) is 49.5 Å². The molecule has 0 unspecified atom stereocenters. The van der Waals surface area contributed by atoms with Crippen molar-refractivity contribution in [3.05, 3.63) is 76.5 Å². The van der Waals surface area contributed by atoms with E-state index in [0.29, 0.717) is 16.3 Å². The van der Waals surface area contributed by atoms with Crippen molar-refractivity contribution < 1.29 is 43.2 Å². The van der Waals surface area contributed by atoms with Gasteiger partial charge in [-0.3, -0.25) is 9.78 Å². The number of aliphatic hydroxyl groups is 1. The van der Waals surface area contributed by atoms with Gasteiger partial charge in [-0.15, -0.1) is 40.5 Å². The summed E-state index contributed by atoms with van der Waals surface area (Å²) in [5.41, 5.74) is 2.12. The molecule has 1 N–H and O–H groups in total. The van der Waals surface area contributed by atoms with Crippen LogP contribution in [0.5, 0.6) is 0 Å². The molecule has 46 heavy (non-hydrogen) atoms. The standard InChI is InChI=1S/C25H21F3NS.C13H24O2.Ir/c1-15-22(25(26,27)28)20-11-12-29-23(24(20)30-15)18-13-17-9-5-6-10-19(17)21(14-18)16-7-3-2-4-8-16;1-5-10(6-2)12(14)9-13(15)11(7-3)8-4;/h5-6,9-12,14,16H,2-4,7-8H2,1H3;9-11,14H,5-8H2,1-4H3;/q-1;;/b;12-9-;. The van der Waals surface area contributed by atoms with Gasteiger partial charge in [-0.1, -0.05) is 76.1 Å². The third kappa shape index (κ3) is 8.67. The second-order valence-corrected chi connectivity index (χ2v) is 13.3. The Kier molecular flexibility index (Phi) is 14.0. The number of halogens is 3. The van der Waals surface area contributed by atoms with Crippen LogP contribution < -0.4 is 0 Å². The number of carbonyl (C=O) groups is 1. The summed E-state index contributed by atoms with van der Waals surface area (Å²) >= 11 is 1.17. The van der Waals surface area contributed by atoms with E-state index in [2.05, 4.69) is 23.2 Å². The summed E-state index contributed by atoms with van der Waals surface area (Å²) < 4.78 is 41.5. The molecular formula is C38H45F3IrNO2S-. The minimum absolute atomic E-state index is 0. The molecule has 0 atom stereocenters. The Balaban J connectivity index is 0.000000309. The number of hydrogen-bond acceptors (Lipinski definition) is 4. The first-order chi connectivity index (χ1) is 21.5. The van der Waals surface area contributed by atoms with Crippen LogP contribution in [0, 0.1) is 24.8 Å². The first kappa shape index (κ1) is 37.9. The Hall–Kier alpha value is -2.54. The summed E-state index contributed by atoms with van der Waals surface area (Å²) in [5, 5.41) is 12.2. The van der Waals surface area contributed by atoms with Crippen LogP contribution in [0.15, 0.2) is 54.4 Å². The number of fused-ring (bicyclic) bond motifs is 2. The quantitative estimate of drug-likeness (QED) is 0.104. The summed E-state index contributed by atoms with van der Waals surface area (Å²) in [5.74, 6) is 1.03. The molecule has 251 valence electrons. The van der Waals surface area contributed by atoms with Crippen molar-refractivity contribution in [3.8, 4) is 11.3 Å². The van der Waals surface area contributed by atoms with Gasteiger partial charge in [0.05, 0.1) is 11.3 Å². The van der Waals surface area contributed by atoms with E-state index in [4.69, 9.17) is 0 Å². The second-order valence-electron chi connectivity index (χ2n) is 12.1. The molecule has 0 saturated heterocycles. The number of benzene rings is 2. The van der Waals surface area contributed by atoms with Crippen LogP contribution >= 0.6 is 11.3 Å². The van der Waals surface area contributed by atoms with E-state index < -0.39 is 11.7 Å². The molecule has 8 heteroatoms. The number of pyridine rings is 1. The van der Waals surface area contributed by atoms with Crippen LogP contribution in [0.1, 0.15) is 107 Å². The number of nitrogens with zero attached hydrogens (tertiary/aromatic N) is 1. The second kappa shape index (κ2) is 17.0. The Morgan fingerprint density at radius 2 is 1.63 bits per heavy atom. The number of aryl methyl sites for hydroxylation is 1. The van der Waals surface area contributed by atoms with Crippen LogP contribution in [0.25, 0.3) is 32.1 Å². The minimum Gasteiger partial charge on any atom is -0.512 e. The number of ketones is 1. The first-order valence-electron chi connectivity index (χ1n) is 16.4. The molecule has 2 aromatic heterocycles. The number of rotatable bonds is 9. The third-order valence-electron chi connectivity index (χ3n) is 9.25. The number of alkyl halides is 3. The van der Waals surface area contributed by atoms with E-state index in [9.17, 15) is 23.1 Å². The molecule has 2 heterocycles. The van der Waals surface area contributed by atoms with Crippen molar-refractivity contribution >= 4 is 38.0 Å². The molecule has 3 nitrogen and oxygen atoms in total. The summed E-state index contributed by atoms with van der Waals surface area (Å²) in [6.45, 7) is 9.61. The zero-order valence-electron chi connectivity index (χ0n) is 27.4. The predicted molar refractivity (Wildman–Crippen MR) is 181 cm³/mol. The zero-order valence-corrected chi connectivity index (χ0v) is 30.6. The summed E-state index contributed by atoms with van der Waals surface area (Å²) in [4.78, 5) is 16.5. The van der Waals surface area contributed by atoms with Gasteiger partial charge in [0.1, 0.15) is 0 Å². The Morgan fingerprint density at radius 3 is 2.24 bits per heavy atom. The van der Waals surface area contributed by atoms with Crippen LogP contribution in [0.2, 0.25) is 0 Å². The fourth-order valence-corrected chi connectivity index (χ4v) is 7.78. The summed E-state index contributed by atoms with van der Waals surface area (Å²) in [6.07, 6.45) is 8.05. The third-order valence-corrected chi connectivity index (χ3v) is 10.4. The molecule has 1 aliphatic rings. The number of thiophene rings is 1. The molecule has 0 spiro atoms. The van der Waals surface area contributed by atoms with Crippen LogP contribution in [-0.4, -0.2) is 15.9 Å². The van der Waals surface area contributed by atoms with Crippen molar-refractivity contribution in [2.45, 2.75) is 105 Å². The van der Waals surface area contributed by atoms with Gasteiger partial charge in [-0.05, 0) is 57.4 Å². The maximum atomic E-state index is 13.6. The van der Waals surface area contributed by atoms with Crippen molar-refractivity contribution in [1.29, 1.82) is 0 Å². The van der Waals surface area contributed by atoms with Crippen LogP contribution in [0.3, 0.4) is 0 Å². The van der Waals surface area contributed by atoms with Gasteiger partial charge in [-0.2, -0.15) is 13.2 Å². The Bertz CT molecular complexity index is 1630. The van der Waals surface area contributed by atoms with Crippen molar-refractivity contribution in [1.82, 2.24) is 4.98 Å². The normalized spacial score (nSPS) is 14.4. The fraction of sp³-hybridized carbons (Fsp3) is 0.474. The molecule has 0 bridgehead atoms. The Morgan fingerprint density at radius 1 is 1.00 bits per heavy atom. The molecule has 2 aromatic carbocycles. The predicted octanol–water partition coefficient (Wildman–Crippen LogP) is 12.2. The molecule has 1 radical (unpaired) electrons. The van der Waals surface area contributed by atoms with Gasteiger partial charge in [0.25, 0.3) is 0 Å². The fourth-order valence-electron chi connectivity index (χ4n) is 6.60. The number of aromatic nitrogens is 1. The molecular weight excluding hydrogens is 784 g/mol. The largest absolute Gasteiger partial charge is 0.512 e. The van der Waals surface area contributed by atoms with Gasteiger partial charge in [0.2, 0.25) is 0 Å². The van der Waals surface area contributed by atoms with E-state index in [1.807, 2.05) is 45.9 Å². The molecule has 1 aliphatic carbocycles. The van der Waals surface area contributed by atoms with Gasteiger partial charge >= 0.3 is 6.18 Å². The van der Waals surface area contributed by atoms with E-state index >= 15 is 0 Å². The minimum atomic E-state index is -4.37. The van der Waals surface area contributed by atoms with Gasteiger partial charge in [0.15, 0.2) is 5.78 Å². The van der Waals surface area contributed by atoms with Crippen LogP contribution in [-0.2, 0) is 31.1 Å². The number of carbonyl (C=O) groups excluding carboxylic acids is 1. The van der Waals surface area contributed by atoms with Gasteiger partial charge < -0.3 is 5.11 Å². The molecule has 1 fully saturated rings. The molecule has 0 amide bonds. The SMILES string of the molecule is CCC(CC)C(=O)/C=C(\O)C(CC)CC.Cc1sc2c(-c3[c-]c4ccccc4c(C4CCCCC4)c3)nccc2c1C(F)(F)F.[Ir]. The number of allylic oxidation sites excluding steroid dienone is 2. The van der Waals surface area contributed by atoms with Gasteiger partial charge in [0, 0.05) is 64.9 Å². The van der Waals surface area contributed by atoms with E-state index in [1.54, 1.807) is 0 Å².